The Morgan fingerprint density at radius 3 is 2.37 bits per heavy atom. The van der Waals surface area contributed by atoms with Gasteiger partial charge in [0.15, 0.2) is 0 Å². The first kappa shape index (κ1) is 17.5. The normalized spacial score (nSPS) is 12.3. The number of benzene rings is 2. The minimum Gasteiger partial charge on any atom is -0.449 e. The number of hydrogen-bond acceptors (Lipinski definition) is 3. The lowest BCUT2D eigenvalue weighted by Crippen LogP contribution is -2.28. The molecule has 0 bridgehead atoms. The molecule has 0 saturated carbocycles. The Hall–Kier alpha value is -2.86. The van der Waals surface area contributed by atoms with Gasteiger partial charge < -0.3 is 15.0 Å². The summed E-state index contributed by atoms with van der Waals surface area (Å²) in [5.74, 6) is 0.0115. The van der Waals surface area contributed by atoms with Crippen molar-refractivity contribution in [2.45, 2.75) is 12.5 Å². The van der Waals surface area contributed by atoms with Crippen LogP contribution in [0, 0.1) is 0 Å². The zero-order chi connectivity index (χ0) is 18.8. The maximum absolute atomic E-state index is 12.1. The molecule has 0 atom stereocenters. The predicted molar refractivity (Wildman–Crippen MR) is 107 cm³/mol. The van der Waals surface area contributed by atoms with Crippen LogP contribution in [0.3, 0.4) is 0 Å². The number of carbonyl (C=O) groups excluding carboxylic acids is 1. The van der Waals surface area contributed by atoms with Crippen molar-refractivity contribution in [2.24, 2.45) is 0 Å². The molecule has 0 aliphatic heterocycles. The van der Waals surface area contributed by atoms with Crippen LogP contribution in [0.4, 0.5) is 4.79 Å². The van der Waals surface area contributed by atoms with E-state index in [1.807, 2.05) is 24.3 Å². The zero-order valence-corrected chi connectivity index (χ0v) is 16.0. The van der Waals surface area contributed by atoms with E-state index in [0.717, 1.165) is 15.6 Å². The lowest BCUT2D eigenvalue weighted by molar-refractivity contribution is 0.142. The van der Waals surface area contributed by atoms with E-state index >= 15 is 0 Å². The molecule has 4 rings (SSSR count). The van der Waals surface area contributed by atoms with Crippen LogP contribution in [0.5, 0.6) is 0 Å². The van der Waals surface area contributed by atoms with Crippen LogP contribution < -0.4 is 10.9 Å². The third kappa shape index (κ3) is 3.53. The van der Waals surface area contributed by atoms with Gasteiger partial charge >= 0.3 is 6.09 Å². The number of aromatic amines is 1. The van der Waals surface area contributed by atoms with Crippen molar-refractivity contribution in [3.05, 3.63) is 92.3 Å². The molecule has 1 amide bonds. The van der Waals surface area contributed by atoms with Gasteiger partial charge in [-0.3, -0.25) is 4.79 Å². The number of H-pyrrole nitrogens is 1. The predicted octanol–water partition coefficient (Wildman–Crippen LogP) is 4.18. The molecule has 5 nitrogen and oxygen atoms in total. The Labute approximate surface area is 164 Å². The number of fused-ring (bicyclic) bond motifs is 3. The molecule has 136 valence electrons. The third-order valence-corrected chi connectivity index (χ3v) is 5.17. The Kier molecular flexibility index (Phi) is 4.81. The second-order valence-electron chi connectivity index (χ2n) is 6.35. The summed E-state index contributed by atoms with van der Waals surface area (Å²) in [7, 11) is 0. The topological polar surface area (TPSA) is 71.2 Å². The average Bonchev–Trinajstić information content (AvgIpc) is 3.01. The van der Waals surface area contributed by atoms with E-state index in [1.165, 1.54) is 11.1 Å². The van der Waals surface area contributed by atoms with Gasteiger partial charge in [-0.05, 0) is 44.3 Å². The number of carbonyl (C=O) groups is 1. The molecular weight excluding hydrogens is 408 g/mol. The first-order chi connectivity index (χ1) is 13.1. The monoisotopic (exact) mass is 424 g/mol. The zero-order valence-electron chi connectivity index (χ0n) is 14.4. The van der Waals surface area contributed by atoms with Crippen LogP contribution in [0.2, 0.25) is 0 Å². The van der Waals surface area contributed by atoms with Crippen LogP contribution in [0.1, 0.15) is 22.6 Å². The van der Waals surface area contributed by atoms with Gasteiger partial charge in [-0.25, -0.2) is 4.79 Å². The molecule has 27 heavy (non-hydrogen) atoms. The molecule has 0 unspecified atom stereocenters. The summed E-state index contributed by atoms with van der Waals surface area (Å²) >= 11 is 3.30. The summed E-state index contributed by atoms with van der Waals surface area (Å²) in [5, 5.41) is 2.64. The molecule has 0 saturated heterocycles. The average molecular weight is 425 g/mol. The maximum Gasteiger partial charge on any atom is 0.407 e. The molecule has 1 heterocycles. The lowest BCUT2D eigenvalue weighted by atomic mass is 9.98. The summed E-state index contributed by atoms with van der Waals surface area (Å²) in [5.41, 5.74) is 4.91. The molecule has 0 radical (unpaired) electrons. The Bertz CT molecular complexity index is 1020. The van der Waals surface area contributed by atoms with E-state index in [4.69, 9.17) is 4.74 Å². The SMILES string of the molecule is O=C(NCc1cc(Br)c[nH]c1=O)OCC1c2ccccc2-c2ccccc21. The number of halogens is 1. The quantitative estimate of drug-likeness (QED) is 0.659. The number of ether oxygens (including phenoxy) is 1. The number of aromatic nitrogens is 1. The highest BCUT2D eigenvalue weighted by atomic mass is 79.9. The van der Waals surface area contributed by atoms with E-state index in [9.17, 15) is 9.59 Å². The second-order valence-corrected chi connectivity index (χ2v) is 7.27. The van der Waals surface area contributed by atoms with E-state index in [0.29, 0.717) is 5.56 Å². The van der Waals surface area contributed by atoms with Gasteiger partial charge in [0.25, 0.3) is 5.56 Å². The van der Waals surface area contributed by atoms with Crippen LogP contribution in [0.25, 0.3) is 11.1 Å². The van der Waals surface area contributed by atoms with Gasteiger partial charge in [-0.15, -0.1) is 0 Å². The largest absolute Gasteiger partial charge is 0.449 e. The fourth-order valence-corrected chi connectivity index (χ4v) is 3.84. The van der Waals surface area contributed by atoms with Gasteiger partial charge in [0.2, 0.25) is 0 Å². The second kappa shape index (κ2) is 7.40. The number of pyridine rings is 1. The fourth-order valence-electron chi connectivity index (χ4n) is 3.45. The number of hydrogen-bond donors (Lipinski definition) is 2. The molecule has 1 aliphatic rings. The molecule has 3 aromatic rings. The molecule has 1 aromatic heterocycles. The van der Waals surface area contributed by atoms with Crippen molar-refractivity contribution in [3.8, 4) is 11.1 Å². The van der Waals surface area contributed by atoms with Crippen LogP contribution in [-0.4, -0.2) is 17.7 Å². The third-order valence-electron chi connectivity index (χ3n) is 4.71. The highest BCUT2D eigenvalue weighted by Gasteiger charge is 2.28. The molecule has 2 N–H and O–H groups in total. The van der Waals surface area contributed by atoms with E-state index in [1.54, 1.807) is 12.3 Å². The van der Waals surface area contributed by atoms with Crippen molar-refractivity contribution in [2.75, 3.05) is 6.61 Å². The van der Waals surface area contributed by atoms with Crippen molar-refractivity contribution < 1.29 is 9.53 Å². The minimum absolute atomic E-state index is 0.0115. The summed E-state index contributed by atoms with van der Waals surface area (Å²) in [6, 6.07) is 18.0. The van der Waals surface area contributed by atoms with Gasteiger partial charge in [0.05, 0.1) is 6.54 Å². The summed E-state index contributed by atoms with van der Waals surface area (Å²) in [6.07, 6.45) is 1.01. The molecule has 2 aromatic carbocycles. The molecule has 1 aliphatic carbocycles. The van der Waals surface area contributed by atoms with Crippen molar-refractivity contribution in [3.63, 3.8) is 0 Å². The minimum atomic E-state index is -0.545. The van der Waals surface area contributed by atoms with Crippen LogP contribution >= 0.6 is 15.9 Å². The summed E-state index contributed by atoms with van der Waals surface area (Å²) < 4.78 is 6.20. The summed E-state index contributed by atoms with van der Waals surface area (Å²) in [6.45, 7) is 0.347. The summed E-state index contributed by atoms with van der Waals surface area (Å²) in [4.78, 5) is 26.5. The lowest BCUT2D eigenvalue weighted by Gasteiger charge is -2.14. The number of amides is 1. The first-order valence-electron chi connectivity index (χ1n) is 8.59. The standard InChI is InChI=1S/C21H17BrN2O3/c22-14-9-13(20(25)23-11-14)10-24-21(26)27-12-19-17-7-3-1-5-15(17)16-6-2-4-8-18(16)19/h1-9,11,19H,10,12H2,(H,23,25)(H,24,26). The van der Waals surface area contributed by atoms with Crippen molar-refractivity contribution in [1.29, 1.82) is 0 Å². The van der Waals surface area contributed by atoms with Gasteiger partial charge in [-0.1, -0.05) is 48.5 Å². The number of rotatable bonds is 4. The van der Waals surface area contributed by atoms with Crippen molar-refractivity contribution >= 4 is 22.0 Å². The molecule has 6 heteroatoms. The molecule has 0 fully saturated rings. The van der Waals surface area contributed by atoms with Gasteiger partial charge in [-0.2, -0.15) is 0 Å². The Morgan fingerprint density at radius 1 is 1.07 bits per heavy atom. The number of alkyl carbamates (subject to hydrolysis) is 1. The van der Waals surface area contributed by atoms with Gasteiger partial charge in [0.1, 0.15) is 6.61 Å². The first-order valence-corrected chi connectivity index (χ1v) is 9.39. The Balaban J connectivity index is 1.43. The Morgan fingerprint density at radius 2 is 1.70 bits per heavy atom. The highest BCUT2D eigenvalue weighted by molar-refractivity contribution is 9.10. The number of nitrogens with one attached hydrogen (secondary N) is 2. The van der Waals surface area contributed by atoms with E-state index in [-0.39, 0.29) is 24.6 Å². The van der Waals surface area contributed by atoms with Crippen LogP contribution in [-0.2, 0) is 11.3 Å². The smallest absolute Gasteiger partial charge is 0.407 e. The molecular formula is C21H17BrN2O3. The highest BCUT2D eigenvalue weighted by Crippen LogP contribution is 2.44. The van der Waals surface area contributed by atoms with Crippen molar-refractivity contribution in [1.82, 2.24) is 10.3 Å². The molecule has 0 spiro atoms. The maximum atomic E-state index is 12.1. The van der Waals surface area contributed by atoms with Gasteiger partial charge in [0, 0.05) is 22.2 Å². The fraction of sp³-hybridized carbons (Fsp3) is 0.143. The van der Waals surface area contributed by atoms with E-state index < -0.39 is 6.09 Å². The van der Waals surface area contributed by atoms with E-state index in [2.05, 4.69) is 50.5 Å². The van der Waals surface area contributed by atoms with Crippen LogP contribution in [0.15, 0.2) is 70.1 Å².